The summed E-state index contributed by atoms with van der Waals surface area (Å²) >= 11 is 0. The summed E-state index contributed by atoms with van der Waals surface area (Å²) in [6.07, 6.45) is 1.96. The smallest absolute Gasteiger partial charge is 0.323 e. The Morgan fingerprint density at radius 3 is 1.43 bits per heavy atom. The molecular weight excluding hydrogens is 486 g/mol. The second-order valence-electron chi connectivity index (χ2n) is 10.4. The minimum Gasteiger partial charge on any atom is -0.480 e. The molecule has 214 valence electrons. The average molecular weight is 532 g/mol. The van der Waals surface area contributed by atoms with Crippen molar-refractivity contribution < 1.29 is 39.2 Å². The van der Waals surface area contributed by atoms with Gasteiger partial charge < -0.3 is 25.8 Å². The van der Waals surface area contributed by atoms with Crippen LogP contribution in [0.5, 0.6) is 0 Å². The standard InChI is InChI=1S/C24H45N5O8/c1-24(2,3)37-23(36)19(6-4-5-7-25)29-14-12-27(17-21(32)33)10-8-26(16-20(30)31)9-11-28(13-15-29)18-22(34)35/h19H,4-18,25H2,1-3H3,(H,30,31)(H,32,33)(H,34,35). The summed E-state index contributed by atoms with van der Waals surface area (Å²) in [5, 5.41) is 28.1. The van der Waals surface area contributed by atoms with Crippen molar-refractivity contribution in [2.75, 3.05) is 78.5 Å². The number of rotatable bonds is 12. The summed E-state index contributed by atoms with van der Waals surface area (Å²) in [6.45, 7) is 7.87. The van der Waals surface area contributed by atoms with Gasteiger partial charge in [0.15, 0.2) is 0 Å². The van der Waals surface area contributed by atoms with Crippen molar-refractivity contribution in [1.29, 1.82) is 0 Å². The molecule has 1 atom stereocenters. The Balaban J connectivity index is 3.23. The molecule has 0 saturated carbocycles. The zero-order valence-corrected chi connectivity index (χ0v) is 22.4. The molecule has 1 heterocycles. The van der Waals surface area contributed by atoms with Gasteiger partial charge in [-0.05, 0) is 40.2 Å². The van der Waals surface area contributed by atoms with E-state index in [0.29, 0.717) is 71.7 Å². The number of carbonyl (C=O) groups excluding carboxylic acids is 1. The van der Waals surface area contributed by atoms with E-state index in [1.165, 1.54) is 0 Å². The first-order valence-electron chi connectivity index (χ1n) is 12.8. The van der Waals surface area contributed by atoms with E-state index in [1.807, 2.05) is 4.90 Å². The van der Waals surface area contributed by atoms with E-state index in [4.69, 9.17) is 10.5 Å². The summed E-state index contributed by atoms with van der Waals surface area (Å²) in [4.78, 5) is 54.6. The molecule has 1 unspecified atom stereocenters. The zero-order valence-electron chi connectivity index (χ0n) is 22.4. The first-order valence-corrected chi connectivity index (χ1v) is 12.8. The second kappa shape index (κ2) is 16.5. The Morgan fingerprint density at radius 1 is 0.730 bits per heavy atom. The lowest BCUT2D eigenvalue weighted by Crippen LogP contribution is -2.52. The Labute approximate surface area is 219 Å². The first-order chi connectivity index (χ1) is 17.3. The van der Waals surface area contributed by atoms with Crippen LogP contribution in [-0.4, -0.2) is 149 Å². The Morgan fingerprint density at radius 2 is 1.11 bits per heavy atom. The molecular formula is C24H45N5O8. The van der Waals surface area contributed by atoms with Crippen molar-refractivity contribution >= 4 is 23.9 Å². The van der Waals surface area contributed by atoms with Crippen molar-refractivity contribution in [1.82, 2.24) is 19.6 Å². The third-order valence-corrected chi connectivity index (χ3v) is 6.00. The number of ether oxygens (including phenoxy) is 1. The molecule has 0 amide bonds. The lowest BCUT2D eigenvalue weighted by molar-refractivity contribution is -0.162. The number of carbonyl (C=O) groups is 4. The molecule has 1 aliphatic rings. The van der Waals surface area contributed by atoms with Crippen molar-refractivity contribution in [2.24, 2.45) is 5.73 Å². The molecule has 1 fully saturated rings. The highest BCUT2D eigenvalue weighted by Crippen LogP contribution is 2.17. The molecule has 0 radical (unpaired) electrons. The minimum atomic E-state index is -1.01. The molecule has 0 bridgehead atoms. The van der Waals surface area contributed by atoms with E-state index < -0.39 is 29.6 Å². The number of carboxylic acid groups (broad SMARTS) is 3. The quantitative estimate of drug-likeness (QED) is 0.184. The molecule has 1 rings (SSSR count). The number of nitrogens with two attached hydrogens (primary N) is 1. The monoisotopic (exact) mass is 531 g/mol. The third kappa shape index (κ3) is 14.9. The zero-order chi connectivity index (χ0) is 28.0. The topological polar surface area (TPSA) is 177 Å². The van der Waals surface area contributed by atoms with Gasteiger partial charge in [-0.1, -0.05) is 6.42 Å². The Bertz CT molecular complexity index is 713. The number of unbranched alkanes of at least 4 members (excludes halogenated alkanes) is 1. The highest BCUT2D eigenvalue weighted by Gasteiger charge is 2.31. The molecule has 1 aliphatic heterocycles. The minimum absolute atomic E-state index is 0.218. The van der Waals surface area contributed by atoms with E-state index in [-0.39, 0.29) is 25.6 Å². The van der Waals surface area contributed by atoms with Gasteiger partial charge in [-0.2, -0.15) is 0 Å². The number of esters is 1. The Hall–Kier alpha value is -2.32. The van der Waals surface area contributed by atoms with Crippen LogP contribution >= 0.6 is 0 Å². The molecule has 0 aromatic heterocycles. The van der Waals surface area contributed by atoms with Crippen LogP contribution in [0.15, 0.2) is 0 Å². The molecule has 5 N–H and O–H groups in total. The summed E-state index contributed by atoms with van der Waals surface area (Å²) in [5.41, 5.74) is 4.98. The van der Waals surface area contributed by atoms with Gasteiger partial charge >= 0.3 is 23.9 Å². The van der Waals surface area contributed by atoms with Gasteiger partial charge in [0.05, 0.1) is 19.6 Å². The number of hydrogen-bond donors (Lipinski definition) is 4. The van der Waals surface area contributed by atoms with Gasteiger partial charge in [-0.25, -0.2) is 0 Å². The van der Waals surface area contributed by atoms with Gasteiger partial charge in [-0.15, -0.1) is 0 Å². The molecule has 0 aromatic rings. The van der Waals surface area contributed by atoms with E-state index in [9.17, 15) is 34.5 Å². The largest absolute Gasteiger partial charge is 0.480 e. The van der Waals surface area contributed by atoms with Crippen molar-refractivity contribution in [3.05, 3.63) is 0 Å². The fraction of sp³-hybridized carbons (Fsp3) is 0.833. The maximum Gasteiger partial charge on any atom is 0.323 e. The molecule has 13 heteroatoms. The van der Waals surface area contributed by atoms with Crippen LogP contribution in [0.3, 0.4) is 0 Å². The summed E-state index contributed by atoms with van der Waals surface area (Å²) < 4.78 is 5.70. The molecule has 0 spiro atoms. The van der Waals surface area contributed by atoms with Crippen molar-refractivity contribution in [3.8, 4) is 0 Å². The number of hydrogen-bond acceptors (Lipinski definition) is 10. The van der Waals surface area contributed by atoms with Gasteiger partial charge in [0.25, 0.3) is 0 Å². The van der Waals surface area contributed by atoms with Crippen LogP contribution < -0.4 is 5.73 Å². The predicted octanol–water partition coefficient (Wildman–Crippen LogP) is -0.699. The maximum absolute atomic E-state index is 13.2. The van der Waals surface area contributed by atoms with Gasteiger partial charge in [0.2, 0.25) is 0 Å². The SMILES string of the molecule is CC(C)(C)OC(=O)C(CCCCN)N1CCN(CC(=O)O)CCN(CC(=O)O)CCN(CC(=O)O)CC1. The van der Waals surface area contributed by atoms with E-state index in [0.717, 1.165) is 6.42 Å². The van der Waals surface area contributed by atoms with Gasteiger partial charge in [0.1, 0.15) is 11.6 Å². The molecule has 13 nitrogen and oxygen atoms in total. The highest BCUT2D eigenvalue weighted by molar-refractivity contribution is 5.76. The summed E-state index contributed by atoms with van der Waals surface area (Å²) in [6, 6.07) is -0.587. The van der Waals surface area contributed by atoms with E-state index in [1.54, 1.807) is 35.5 Å². The van der Waals surface area contributed by atoms with Crippen LogP contribution in [0.25, 0.3) is 0 Å². The van der Waals surface area contributed by atoms with Gasteiger partial charge in [0, 0.05) is 52.4 Å². The molecule has 0 aliphatic carbocycles. The predicted molar refractivity (Wildman–Crippen MR) is 136 cm³/mol. The highest BCUT2D eigenvalue weighted by atomic mass is 16.6. The first kappa shape index (κ1) is 32.7. The maximum atomic E-state index is 13.2. The van der Waals surface area contributed by atoms with Gasteiger partial charge in [-0.3, -0.25) is 38.8 Å². The number of carboxylic acids is 3. The van der Waals surface area contributed by atoms with Crippen LogP contribution in [0.2, 0.25) is 0 Å². The van der Waals surface area contributed by atoms with Crippen LogP contribution in [-0.2, 0) is 23.9 Å². The fourth-order valence-corrected chi connectivity index (χ4v) is 4.21. The number of nitrogens with zero attached hydrogens (tertiary/aromatic N) is 4. The normalized spacial score (nSPS) is 18.9. The summed E-state index contributed by atoms with van der Waals surface area (Å²) in [5.74, 6) is -3.38. The number of aliphatic carboxylic acids is 3. The van der Waals surface area contributed by atoms with E-state index in [2.05, 4.69) is 0 Å². The van der Waals surface area contributed by atoms with Crippen molar-refractivity contribution in [3.63, 3.8) is 0 Å². The molecule has 37 heavy (non-hydrogen) atoms. The lowest BCUT2D eigenvalue weighted by atomic mass is 10.1. The third-order valence-electron chi connectivity index (χ3n) is 6.00. The lowest BCUT2D eigenvalue weighted by Gasteiger charge is -2.36. The molecule has 1 saturated heterocycles. The van der Waals surface area contributed by atoms with E-state index >= 15 is 0 Å². The van der Waals surface area contributed by atoms with Crippen molar-refractivity contribution in [2.45, 2.75) is 51.7 Å². The summed E-state index contributed by atoms with van der Waals surface area (Å²) in [7, 11) is 0. The Kier molecular flexibility index (Phi) is 14.6. The molecule has 0 aromatic carbocycles. The van der Waals surface area contributed by atoms with Crippen LogP contribution in [0, 0.1) is 0 Å². The average Bonchev–Trinajstić information content (AvgIpc) is 2.75. The van der Waals surface area contributed by atoms with Crippen LogP contribution in [0.1, 0.15) is 40.0 Å². The second-order valence-corrected chi connectivity index (χ2v) is 10.4. The van der Waals surface area contributed by atoms with Crippen LogP contribution in [0.4, 0.5) is 0 Å². The fourth-order valence-electron chi connectivity index (χ4n) is 4.21.